The summed E-state index contributed by atoms with van der Waals surface area (Å²) in [6.45, 7) is 9.58. The Morgan fingerprint density at radius 3 is 2.15 bits per heavy atom. The van der Waals surface area contributed by atoms with E-state index in [-0.39, 0.29) is 37.3 Å². The molecule has 1 aliphatic heterocycles. The maximum atomic E-state index is 14.0. The van der Waals surface area contributed by atoms with Gasteiger partial charge in [0.1, 0.15) is 23.9 Å². The molecule has 4 atom stereocenters. The van der Waals surface area contributed by atoms with Crippen molar-refractivity contribution in [2.24, 2.45) is 11.8 Å². The summed E-state index contributed by atoms with van der Waals surface area (Å²) in [5.74, 6) is -1.87. The predicted molar refractivity (Wildman–Crippen MR) is 184 cm³/mol. The van der Waals surface area contributed by atoms with E-state index in [0.29, 0.717) is 24.3 Å². The van der Waals surface area contributed by atoms with Gasteiger partial charge in [0.2, 0.25) is 23.6 Å². The molecule has 1 aliphatic rings. The van der Waals surface area contributed by atoms with Gasteiger partial charge in [0.25, 0.3) is 5.91 Å². The Bertz CT molecular complexity index is 1430. The van der Waals surface area contributed by atoms with Crippen LogP contribution in [0.4, 0.5) is 0 Å². The van der Waals surface area contributed by atoms with Crippen LogP contribution in [0, 0.1) is 11.8 Å². The summed E-state index contributed by atoms with van der Waals surface area (Å²) in [7, 11) is 5.43. The van der Waals surface area contributed by atoms with Crippen molar-refractivity contribution in [3.63, 3.8) is 0 Å². The lowest BCUT2D eigenvalue weighted by molar-refractivity contribution is -0.133. The standard InChI is InChI=1S/C36H52N6O6/c1-22(2)16-29-35(46)39-30(18-25-12-14-28(48-8)15-13-25)34(45)37-24(5)33(44)40-31(23(3)4)20-42(21-32(43)38-29)36(47)27-11-9-10-26(17-27)19-41(6)7/h9-15,17,22-24,29-31H,16,18-21H2,1-8H3,(H,37,45)(H,38,43)(H,39,46)(H,40,44)/t24-,29+,30+,31-/m1/s1. The number of amides is 5. The average Bonchev–Trinajstić information content (AvgIpc) is 3.02. The van der Waals surface area contributed by atoms with E-state index in [0.717, 1.165) is 11.1 Å². The summed E-state index contributed by atoms with van der Waals surface area (Å²) < 4.78 is 5.24. The number of hydrogen-bond acceptors (Lipinski definition) is 7. The Morgan fingerprint density at radius 2 is 1.54 bits per heavy atom. The van der Waals surface area contributed by atoms with Crippen LogP contribution in [0.1, 0.15) is 62.5 Å². The second-order valence-electron chi connectivity index (χ2n) is 13.6. The number of nitrogens with zero attached hydrogens (tertiary/aromatic N) is 2. The van der Waals surface area contributed by atoms with Crippen LogP contribution < -0.4 is 26.0 Å². The van der Waals surface area contributed by atoms with E-state index in [1.165, 1.54) is 4.90 Å². The molecule has 48 heavy (non-hydrogen) atoms. The first-order valence-corrected chi connectivity index (χ1v) is 16.5. The highest BCUT2D eigenvalue weighted by Crippen LogP contribution is 2.16. The minimum absolute atomic E-state index is 0.0290. The summed E-state index contributed by atoms with van der Waals surface area (Å²) in [6, 6.07) is 10.9. The maximum absolute atomic E-state index is 14.0. The molecule has 262 valence electrons. The maximum Gasteiger partial charge on any atom is 0.254 e. The first-order chi connectivity index (χ1) is 22.7. The Hall–Kier alpha value is -4.45. The Balaban J connectivity index is 2.00. The fourth-order valence-electron chi connectivity index (χ4n) is 5.51. The molecule has 1 saturated heterocycles. The van der Waals surface area contributed by atoms with Crippen LogP contribution in [0.5, 0.6) is 5.75 Å². The van der Waals surface area contributed by atoms with E-state index >= 15 is 0 Å². The molecule has 1 heterocycles. The lowest BCUT2D eigenvalue weighted by Gasteiger charge is -2.31. The molecule has 12 heteroatoms. The molecule has 0 unspecified atom stereocenters. The minimum Gasteiger partial charge on any atom is -0.497 e. The number of carbonyl (C=O) groups is 5. The third-order valence-electron chi connectivity index (χ3n) is 8.19. The van der Waals surface area contributed by atoms with Gasteiger partial charge in [-0.05, 0) is 74.7 Å². The number of benzene rings is 2. The monoisotopic (exact) mass is 664 g/mol. The highest BCUT2D eigenvalue weighted by atomic mass is 16.5. The van der Waals surface area contributed by atoms with E-state index in [2.05, 4.69) is 21.3 Å². The largest absolute Gasteiger partial charge is 0.497 e. The van der Waals surface area contributed by atoms with Crippen LogP contribution in [-0.2, 0) is 32.1 Å². The molecule has 0 saturated carbocycles. The molecule has 2 aromatic carbocycles. The van der Waals surface area contributed by atoms with Gasteiger partial charge in [-0.25, -0.2) is 0 Å². The van der Waals surface area contributed by atoms with Crippen molar-refractivity contribution in [3.8, 4) is 5.75 Å². The number of methoxy groups -OCH3 is 1. The fourth-order valence-corrected chi connectivity index (χ4v) is 5.51. The van der Waals surface area contributed by atoms with Gasteiger partial charge in [0, 0.05) is 31.1 Å². The van der Waals surface area contributed by atoms with Gasteiger partial charge in [-0.3, -0.25) is 24.0 Å². The Labute approximate surface area is 284 Å². The minimum atomic E-state index is -1.04. The smallest absolute Gasteiger partial charge is 0.254 e. The molecule has 3 rings (SSSR count). The van der Waals surface area contributed by atoms with E-state index < -0.39 is 47.8 Å². The highest BCUT2D eigenvalue weighted by molar-refractivity contribution is 5.98. The van der Waals surface area contributed by atoms with Crippen molar-refractivity contribution in [3.05, 3.63) is 65.2 Å². The van der Waals surface area contributed by atoms with Crippen LogP contribution in [-0.4, -0.2) is 97.8 Å². The molecule has 12 nitrogen and oxygen atoms in total. The second-order valence-corrected chi connectivity index (χ2v) is 13.6. The summed E-state index contributed by atoms with van der Waals surface area (Å²) in [5, 5.41) is 11.4. The molecule has 2 aromatic rings. The molecule has 1 fully saturated rings. The Morgan fingerprint density at radius 1 is 0.875 bits per heavy atom. The average molecular weight is 665 g/mol. The Kier molecular flexibility index (Phi) is 14.0. The lowest BCUT2D eigenvalue weighted by atomic mass is 10.0. The molecule has 0 bridgehead atoms. The zero-order chi connectivity index (χ0) is 35.5. The summed E-state index contributed by atoms with van der Waals surface area (Å²) >= 11 is 0. The van der Waals surface area contributed by atoms with Gasteiger partial charge in [-0.2, -0.15) is 0 Å². The van der Waals surface area contributed by atoms with Crippen molar-refractivity contribution in [2.45, 2.75) is 78.2 Å². The van der Waals surface area contributed by atoms with Gasteiger partial charge in [0.05, 0.1) is 13.7 Å². The topological polar surface area (TPSA) is 149 Å². The van der Waals surface area contributed by atoms with Gasteiger partial charge >= 0.3 is 0 Å². The first-order valence-electron chi connectivity index (χ1n) is 16.5. The van der Waals surface area contributed by atoms with Crippen LogP contribution in [0.25, 0.3) is 0 Å². The van der Waals surface area contributed by atoms with Crippen molar-refractivity contribution >= 4 is 29.5 Å². The predicted octanol–water partition coefficient (Wildman–Crippen LogP) is 2.12. The summed E-state index contributed by atoms with van der Waals surface area (Å²) in [5.41, 5.74) is 2.11. The number of rotatable bonds is 9. The van der Waals surface area contributed by atoms with Crippen molar-refractivity contribution in [1.29, 1.82) is 0 Å². The number of hydrogen-bond donors (Lipinski definition) is 4. The van der Waals surface area contributed by atoms with Crippen LogP contribution in [0.2, 0.25) is 0 Å². The van der Waals surface area contributed by atoms with Gasteiger partial charge in [-0.15, -0.1) is 0 Å². The highest BCUT2D eigenvalue weighted by Gasteiger charge is 2.32. The van der Waals surface area contributed by atoms with E-state index in [1.54, 1.807) is 56.5 Å². The zero-order valence-corrected chi connectivity index (χ0v) is 29.5. The SMILES string of the molecule is COc1ccc(C[C@@H]2NC(=O)[C@H](CC(C)C)NC(=O)CN(C(=O)c3cccc(CN(C)C)c3)C[C@H](C(C)C)NC(=O)[C@@H](C)NC2=O)cc1. The normalized spacial score (nSPS) is 21.6. The van der Waals surface area contributed by atoms with E-state index in [1.807, 2.05) is 52.8 Å². The third kappa shape index (κ3) is 11.4. The molecule has 4 N–H and O–H groups in total. The van der Waals surface area contributed by atoms with Crippen LogP contribution >= 0.6 is 0 Å². The molecule has 0 aliphatic carbocycles. The van der Waals surface area contributed by atoms with Crippen molar-refractivity contribution in [2.75, 3.05) is 34.3 Å². The van der Waals surface area contributed by atoms with Gasteiger partial charge in [0.15, 0.2) is 0 Å². The summed E-state index contributed by atoms with van der Waals surface area (Å²) in [6.07, 6.45) is 0.447. The second kappa shape index (κ2) is 17.6. The molecular weight excluding hydrogens is 612 g/mol. The zero-order valence-electron chi connectivity index (χ0n) is 29.5. The number of nitrogens with one attached hydrogen (secondary N) is 4. The summed E-state index contributed by atoms with van der Waals surface area (Å²) in [4.78, 5) is 71.8. The third-order valence-corrected chi connectivity index (χ3v) is 8.19. The van der Waals surface area contributed by atoms with E-state index in [9.17, 15) is 24.0 Å². The van der Waals surface area contributed by atoms with Crippen molar-refractivity contribution in [1.82, 2.24) is 31.1 Å². The molecule has 0 aromatic heterocycles. The first kappa shape index (κ1) is 38.0. The van der Waals surface area contributed by atoms with E-state index in [4.69, 9.17) is 4.74 Å². The number of ether oxygens (including phenoxy) is 1. The quantitative estimate of drug-likeness (QED) is 0.321. The molecule has 0 spiro atoms. The molecular formula is C36H52N6O6. The van der Waals surface area contributed by atoms with Gasteiger partial charge in [-0.1, -0.05) is 52.0 Å². The molecule has 5 amide bonds. The lowest BCUT2D eigenvalue weighted by Crippen LogP contribution is -2.57. The van der Waals surface area contributed by atoms with Crippen LogP contribution in [0.3, 0.4) is 0 Å². The van der Waals surface area contributed by atoms with Gasteiger partial charge < -0.3 is 35.8 Å². The fraction of sp³-hybridized carbons (Fsp3) is 0.528. The molecule has 0 radical (unpaired) electrons. The van der Waals surface area contributed by atoms with Crippen LogP contribution in [0.15, 0.2) is 48.5 Å². The van der Waals surface area contributed by atoms with Crippen molar-refractivity contribution < 1.29 is 28.7 Å². The number of carbonyl (C=O) groups excluding carboxylic acids is 5.